The van der Waals surface area contributed by atoms with Gasteiger partial charge in [0.2, 0.25) is 35.4 Å². The first-order chi connectivity index (χ1) is 40.2. The van der Waals surface area contributed by atoms with Crippen molar-refractivity contribution in [1.29, 1.82) is 0 Å². The van der Waals surface area contributed by atoms with Gasteiger partial charge in [0.05, 0.1) is 6.04 Å². The van der Waals surface area contributed by atoms with Crippen molar-refractivity contribution in [3.63, 3.8) is 0 Å². The maximum Gasteiger partial charge on any atom is 0.326 e. The quantitative estimate of drug-likeness (QED) is 0.0111. The number of rotatable bonds is 35. The summed E-state index contributed by atoms with van der Waals surface area (Å²) < 4.78 is 0. The van der Waals surface area contributed by atoms with E-state index in [0.717, 1.165) is 16.5 Å². The summed E-state index contributed by atoms with van der Waals surface area (Å²) in [5.74, 6) is -7.04. The van der Waals surface area contributed by atoms with Crippen molar-refractivity contribution in [2.24, 2.45) is 71.6 Å². The molecular formula is C55H79N21O8. The van der Waals surface area contributed by atoms with Crippen LogP contribution in [-0.4, -0.2) is 149 Å². The molecule has 5 rings (SSSR count). The number of H-pyrrole nitrogens is 2. The number of aromatic amines is 2. The maximum absolute atomic E-state index is 14.9. The summed E-state index contributed by atoms with van der Waals surface area (Å²) in [6, 6.07) is 14.3. The fraction of sp³-hybridized carbons (Fsp3) is 0.400. The van der Waals surface area contributed by atoms with Gasteiger partial charge < -0.3 is 98.6 Å². The summed E-state index contributed by atoms with van der Waals surface area (Å²) in [6.07, 6.45) is 3.59. The van der Waals surface area contributed by atoms with E-state index in [9.17, 15) is 38.7 Å². The fourth-order valence-electron chi connectivity index (χ4n) is 9.14. The van der Waals surface area contributed by atoms with Crippen LogP contribution < -0.4 is 83.5 Å². The molecule has 7 atom stereocenters. The second-order valence-electron chi connectivity index (χ2n) is 19.9. The largest absolute Gasteiger partial charge is 0.480 e. The van der Waals surface area contributed by atoms with Crippen LogP contribution in [0.5, 0.6) is 0 Å². The number of carbonyl (C=O) groups is 7. The number of nitrogens with two attached hydrogens (primary N) is 9. The minimum atomic E-state index is -1.46. The van der Waals surface area contributed by atoms with Gasteiger partial charge in [0.25, 0.3) is 0 Å². The van der Waals surface area contributed by atoms with Gasteiger partial charge in [0.15, 0.2) is 23.8 Å². The molecule has 3 aromatic carbocycles. The molecule has 29 nitrogen and oxygen atoms in total. The van der Waals surface area contributed by atoms with Crippen LogP contribution in [0.4, 0.5) is 0 Å². The molecule has 84 heavy (non-hydrogen) atoms. The van der Waals surface area contributed by atoms with E-state index in [1.165, 1.54) is 0 Å². The highest BCUT2D eigenvalue weighted by molar-refractivity contribution is 5.98. The number of nitrogens with one attached hydrogen (secondary N) is 8. The Morgan fingerprint density at radius 1 is 0.405 bits per heavy atom. The summed E-state index contributed by atoms with van der Waals surface area (Å²) in [6.45, 7) is 0.183. The highest BCUT2D eigenvalue weighted by atomic mass is 16.4. The zero-order chi connectivity index (χ0) is 61.1. The number of guanidine groups is 4. The second-order valence-corrected chi connectivity index (χ2v) is 19.9. The Labute approximate surface area is 484 Å². The first kappa shape index (κ1) is 64.9. The van der Waals surface area contributed by atoms with E-state index in [1.54, 1.807) is 30.6 Å². The molecule has 0 radical (unpaired) electrons. The van der Waals surface area contributed by atoms with Crippen molar-refractivity contribution in [1.82, 2.24) is 41.9 Å². The van der Waals surface area contributed by atoms with Gasteiger partial charge in [-0.15, -0.1) is 0 Å². The predicted molar refractivity (Wildman–Crippen MR) is 321 cm³/mol. The number of amides is 6. The Morgan fingerprint density at radius 3 is 1.08 bits per heavy atom. The monoisotopic (exact) mass is 1160 g/mol. The van der Waals surface area contributed by atoms with Crippen molar-refractivity contribution < 1.29 is 38.7 Å². The molecule has 0 fully saturated rings. The Hall–Kier alpha value is -9.93. The van der Waals surface area contributed by atoms with E-state index in [4.69, 9.17) is 51.6 Å². The molecule has 0 saturated carbocycles. The number of nitrogens with zero attached hydrogens (tertiary/aromatic N) is 4. The molecule has 0 saturated heterocycles. The molecule has 5 aromatic rings. The third-order valence-corrected chi connectivity index (χ3v) is 13.4. The fourth-order valence-corrected chi connectivity index (χ4v) is 9.14. The van der Waals surface area contributed by atoms with E-state index in [-0.39, 0.29) is 121 Å². The SMILES string of the molecule is NC(N)=NCCC[C@H](NC(=O)[C@H](CCCN=C(N)N)NC(=O)[C@H](Cc1c[nH]c2ccccc12)NC(=O)[C@H](CCCN=C(N)N)NC(=O)[C@H](CCCN=C(N)N)NC(=O)[C@H](Cc1c[nH]c2ccccc12)NC(=O)[C@@H](N)Cc1ccccc1)C(=O)O. The van der Waals surface area contributed by atoms with E-state index >= 15 is 0 Å². The predicted octanol–water partition coefficient (Wildman–Crippen LogP) is -2.79. The van der Waals surface area contributed by atoms with Crippen LogP contribution in [0, 0.1) is 0 Å². The van der Waals surface area contributed by atoms with Crippen LogP contribution in [0.15, 0.2) is 111 Å². The van der Waals surface area contributed by atoms with Crippen molar-refractivity contribution in [3.05, 3.63) is 108 Å². The van der Waals surface area contributed by atoms with Crippen molar-refractivity contribution in [3.8, 4) is 0 Å². The number of fused-ring (bicyclic) bond motifs is 2. The summed E-state index contributed by atoms with van der Waals surface area (Å²) in [5, 5.41) is 27.9. The van der Waals surface area contributed by atoms with Crippen molar-refractivity contribution in [2.75, 3.05) is 26.2 Å². The normalized spacial score (nSPS) is 13.5. The number of aromatic nitrogens is 2. The van der Waals surface area contributed by atoms with Gasteiger partial charge in [-0.3, -0.25) is 48.7 Å². The van der Waals surface area contributed by atoms with Crippen molar-refractivity contribution in [2.45, 2.75) is 113 Å². The number of carboxylic acid groups (broad SMARTS) is 1. The lowest BCUT2D eigenvalue weighted by atomic mass is 10.0. The molecule has 0 unspecified atom stereocenters. The molecule has 0 aliphatic carbocycles. The zero-order valence-corrected chi connectivity index (χ0v) is 46.6. The highest BCUT2D eigenvalue weighted by Crippen LogP contribution is 2.21. The average Bonchev–Trinajstić information content (AvgIpc) is 4.09. The van der Waals surface area contributed by atoms with E-state index in [2.05, 4.69) is 61.8 Å². The van der Waals surface area contributed by atoms with Gasteiger partial charge in [0, 0.05) is 73.2 Å². The second kappa shape index (κ2) is 33.1. The van der Waals surface area contributed by atoms with Crippen LogP contribution in [0.25, 0.3) is 21.8 Å². The lowest BCUT2D eigenvalue weighted by Crippen LogP contribution is -2.60. The summed E-state index contributed by atoms with van der Waals surface area (Å²) in [7, 11) is 0. The Balaban J connectivity index is 1.47. The van der Waals surface area contributed by atoms with E-state index in [0.29, 0.717) is 22.0 Å². The molecule has 0 aliphatic heterocycles. The number of aliphatic carboxylic acids is 1. The third kappa shape index (κ3) is 21.5. The lowest BCUT2D eigenvalue weighted by Gasteiger charge is -2.28. The number of hydrogen-bond acceptors (Lipinski definition) is 12. The number of carboxylic acids is 1. The third-order valence-electron chi connectivity index (χ3n) is 13.4. The zero-order valence-electron chi connectivity index (χ0n) is 46.6. The Kier molecular flexibility index (Phi) is 25.6. The molecule has 0 bridgehead atoms. The maximum atomic E-state index is 14.9. The van der Waals surface area contributed by atoms with E-state index < -0.39 is 83.7 Å². The van der Waals surface area contributed by atoms with E-state index in [1.807, 2.05) is 60.7 Å². The van der Waals surface area contributed by atoms with Gasteiger partial charge in [-0.25, -0.2) is 4.79 Å². The molecule has 27 N–H and O–H groups in total. The summed E-state index contributed by atoms with van der Waals surface area (Å²) in [5.41, 5.74) is 54.4. The average molecular weight is 1160 g/mol. The topological polar surface area (TPSA) is 527 Å². The standard InChI is InChI=1S/C55H79N21O8/c56-36(26-31-12-2-1-3-13-31)45(77)75-43(27-32-29-69-37-16-6-4-14-34(32)37)49(81)72-39(18-8-22-65-52(57)58)46(78)71-41(20-10-24-67-54(61)62)48(80)76-44(28-33-30-70-38-17-7-5-15-35(33)38)50(82)73-40(19-9-23-66-53(59)60)47(79)74-42(51(83)84)21-11-25-68-55(63)64/h1-7,12-17,29-30,36,39-44,69-70H,8-11,18-28,56H2,(H,71,78)(H,72,81)(H,73,82)(H,74,79)(H,75,77)(H,76,80)(H,83,84)(H4,57,58,65)(H4,59,60,66)(H4,61,62,67)(H4,63,64,68)/t36-,39-,40-,41-,42-,43-,44-/m0/s1. The van der Waals surface area contributed by atoms with Crippen LogP contribution in [0.2, 0.25) is 0 Å². The molecule has 2 aromatic heterocycles. The van der Waals surface area contributed by atoms with Gasteiger partial charge in [-0.1, -0.05) is 66.7 Å². The molecule has 6 amide bonds. The van der Waals surface area contributed by atoms with Gasteiger partial charge in [-0.2, -0.15) is 0 Å². The number of aliphatic imine (C=N–C) groups is 4. The van der Waals surface area contributed by atoms with Crippen molar-refractivity contribution >= 4 is 87.1 Å². The van der Waals surface area contributed by atoms with Crippen LogP contribution in [-0.2, 0) is 52.8 Å². The number of benzene rings is 3. The molecule has 0 aliphatic rings. The van der Waals surface area contributed by atoms with Gasteiger partial charge in [0.1, 0.15) is 36.3 Å². The van der Waals surface area contributed by atoms with Crippen LogP contribution in [0.1, 0.15) is 68.1 Å². The lowest BCUT2D eigenvalue weighted by molar-refractivity contribution is -0.142. The minimum absolute atomic E-state index is 0.0177. The highest BCUT2D eigenvalue weighted by Gasteiger charge is 2.34. The molecule has 2 heterocycles. The minimum Gasteiger partial charge on any atom is -0.480 e. The Morgan fingerprint density at radius 2 is 0.714 bits per heavy atom. The molecule has 452 valence electrons. The smallest absolute Gasteiger partial charge is 0.326 e. The Bertz CT molecular complexity index is 3130. The number of para-hydroxylation sites is 2. The van der Waals surface area contributed by atoms with Crippen LogP contribution in [0.3, 0.4) is 0 Å². The van der Waals surface area contributed by atoms with Gasteiger partial charge >= 0.3 is 5.97 Å². The summed E-state index contributed by atoms with van der Waals surface area (Å²) in [4.78, 5) is 122. The summed E-state index contributed by atoms with van der Waals surface area (Å²) >= 11 is 0. The number of carbonyl (C=O) groups excluding carboxylic acids is 6. The molecule has 0 spiro atoms. The molecule has 29 heteroatoms. The first-order valence-corrected chi connectivity index (χ1v) is 27.3. The van der Waals surface area contributed by atoms with Gasteiger partial charge in [-0.05, 0) is 86.6 Å². The first-order valence-electron chi connectivity index (χ1n) is 27.3. The number of hydrogen-bond donors (Lipinski definition) is 18. The molecular weight excluding hydrogens is 1080 g/mol. The van der Waals surface area contributed by atoms with Crippen LogP contribution >= 0.6 is 0 Å².